The van der Waals surface area contributed by atoms with Crippen LogP contribution in [0.25, 0.3) is 22.2 Å². The zero-order chi connectivity index (χ0) is 20.2. The van der Waals surface area contributed by atoms with Crippen molar-refractivity contribution in [1.29, 1.82) is 0 Å². The van der Waals surface area contributed by atoms with Crippen LogP contribution in [0.5, 0.6) is 5.75 Å². The van der Waals surface area contributed by atoms with Crippen LogP contribution in [0, 0.1) is 6.92 Å². The number of aromatic nitrogens is 2. The Morgan fingerprint density at radius 1 is 1.00 bits per heavy atom. The second kappa shape index (κ2) is 8.10. The van der Waals surface area contributed by atoms with Gasteiger partial charge in [-0.05, 0) is 41.8 Å². The maximum atomic E-state index is 12.0. The zero-order valence-electron chi connectivity index (χ0n) is 16.3. The van der Waals surface area contributed by atoms with E-state index in [2.05, 4.69) is 9.97 Å². The van der Waals surface area contributed by atoms with Crippen LogP contribution >= 0.6 is 0 Å². The van der Waals surface area contributed by atoms with E-state index in [-0.39, 0.29) is 5.97 Å². The van der Waals surface area contributed by atoms with Crippen LogP contribution in [0.3, 0.4) is 0 Å². The van der Waals surface area contributed by atoms with Gasteiger partial charge in [0.2, 0.25) is 0 Å². The van der Waals surface area contributed by atoms with E-state index < -0.39 is 0 Å². The van der Waals surface area contributed by atoms with Crippen LogP contribution in [0.1, 0.15) is 21.6 Å². The highest BCUT2D eigenvalue weighted by molar-refractivity contribution is 5.97. The molecule has 0 saturated carbocycles. The summed E-state index contributed by atoms with van der Waals surface area (Å²) in [7, 11) is 1.39. The Morgan fingerprint density at radius 3 is 2.59 bits per heavy atom. The van der Waals surface area contributed by atoms with E-state index in [4.69, 9.17) is 9.47 Å². The molecule has 0 atom stereocenters. The number of fused-ring (bicyclic) bond motifs is 1. The predicted molar refractivity (Wildman–Crippen MR) is 112 cm³/mol. The topological polar surface area (TPSA) is 61.3 Å². The molecular formula is C24H20N2O3. The summed E-state index contributed by atoms with van der Waals surface area (Å²) in [6.45, 7) is 2.35. The SMILES string of the molecule is COC(=O)c1ccccc1-c1ccc(COc2cc(C)nc3cccnc23)cc1. The molecule has 0 aliphatic rings. The van der Waals surface area contributed by atoms with Crippen LogP contribution in [0.15, 0.2) is 72.9 Å². The van der Waals surface area contributed by atoms with Crippen LogP contribution in [0.2, 0.25) is 0 Å². The Balaban J connectivity index is 1.56. The minimum atomic E-state index is -0.347. The van der Waals surface area contributed by atoms with Gasteiger partial charge in [0.05, 0.1) is 18.2 Å². The number of carbonyl (C=O) groups is 1. The maximum absolute atomic E-state index is 12.0. The second-order valence-electron chi connectivity index (χ2n) is 6.66. The number of pyridine rings is 2. The lowest BCUT2D eigenvalue weighted by Crippen LogP contribution is -2.03. The molecule has 2 heterocycles. The summed E-state index contributed by atoms with van der Waals surface area (Å²) in [6.07, 6.45) is 1.74. The molecule has 5 heteroatoms. The summed E-state index contributed by atoms with van der Waals surface area (Å²) in [4.78, 5) is 20.9. The summed E-state index contributed by atoms with van der Waals surface area (Å²) in [5.74, 6) is 0.369. The molecule has 0 spiro atoms. The number of aryl methyl sites for hydroxylation is 1. The molecule has 0 fully saturated rings. The van der Waals surface area contributed by atoms with Crippen LogP contribution in [0.4, 0.5) is 0 Å². The van der Waals surface area contributed by atoms with Crippen molar-refractivity contribution in [2.75, 3.05) is 7.11 Å². The van der Waals surface area contributed by atoms with Crippen molar-refractivity contribution < 1.29 is 14.3 Å². The van der Waals surface area contributed by atoms with Crippen molar-refractivity contribution in [2.45, 2.75) is 13.5 Å². The third kappa shape index (κ3) is 3.94. The number of rotatable bonds is 5. The lowest BCUT2D eigenvalue weighted by atomic mass is 9.99. The van der Waals surface area contributed by atoms with Gasteiger partial charge in [-0.15, -0.1) is 0 Å². The maximum Gasteiger partial charge on any atom is 0.338 e. The van der Waals surface area contributed by atoms with Gasteiger partial charge in [-0.3, -0.25) is 9.97 Å². The lowest BCUT2D eigenvalue weighted by molar-refractivity contribution is 0.0601. The molecule has 0 N–H and O–H groups in total. The van der Waals surface area contributed by atoms with E-state index in [1.54, 1.807) is 12.3 Å². The minimum absolute atomic E-state index is 0.347. The van der Waals surface area contributed by atoms with Crippen molar-refractivity contribution in [2.24, 2.45) is 0 Å². The normalized spacial score (nSPS) is 10.7. The van der Waals surface area contributed by atoms with Gasteiger partial charge in [0.15, 0.2) is 0 Å². The lowest BCUT2D eigenvalue weighted by Gasteiger charge is -2.11. The predicted octanol–water partition coefficient (Wildman–Crippen LogP) is 4.97. The number of esters is 1. The van der Waals surface area contributed by atoms with Crippen LogP contribution < -0.4 is 4.74 Å². The fourth-order valence-electron chi connectivity index (χ4n) is 3.23. The Morgan fingerprint density at radius 2 is 1.79 bits per heavy atom. The van der Waals surface area contributed by atoms with Crippen molar-refractivity contribution in [3.05, 3.63) is 89.7 Å². The Kier molecular flexibility index (Phi) is 5.20. The number of nitrogens with zero attached hydrogens (tertiary/aromatic N) is 2. The third-order valence-corrected chi connectivity index (χ3v) is 4.65. The molecule has 0 unspecified atom stereocenters. The Labute approximate surface area is 169 Å². The monoisotopic (exact) mass is 384 g/mol. The van der Waals surface area contributed by atoms with Gasteiger partial charge in [-0.2, -0.15) is 0 Å². The molecule has 0 radical (unpaired) electrons. The highest BCUT2D eigenvalue weighted by Gasteiger charge is 2.12. The fraction of sp³-hybridized carbons (Fsp3) is 0.125. The van der Waals surface area contributed by atoms with Gasteiger partial charge in [0.25, 0.3) is 0 Å². The van der Waals surface area contributed by atoms with Gasteiger partial charge in [-0.25, -0.2) is 4.79 Å². The van der Waals surface area contributed by atoms with Crippen molar-refractivity contribution in [1.82, 2.24) is 9.97 Å². The van der Waals surface area contributed by atoms with E-state index in [0.29, 0.717) is 17.9 Å². The van der Waals surface area contributed by atoms with E-state index in [9.17, 15) is 4.79 Å². The highest BCUT2D eigenvalue weighted by Crippen LogP contribution is 2.26. The largest absolute Gasteiger partial charge is 0.486 e. The van der Waals surface area contributed by atoms with Crippen LogP contribution in [-0.4, -0.2) is 23.0 Å². The molecule has 0 saturated heterocycles. The van der Waals surface area contributed by atoms with E-state index >= 15 is 0 Å². The molecule has 2 aromatic heterocycles. The Hall–Kier alpha value is -3.73. The second-order valence-corrected chi connectivity index (χ2v) is 6.66. The first kappa shape index (κ1) is 18.6. The first-order valence-corrected chi connectivity index (χ1v) is 9.27. The standard InChI is InChI=1S/C24H20N2O3/c1-16-14-22(23-21(26-16)8-5-13-25-23)29-15-17-9-11-18(12-10-17)19-6-3-4-7-20(19)24(27)28-2/h3-14H,15H2,1-2H3. The molecule has 4 rings (SSSR count). The smallest absolute Gasteiger partial charge is 0.338 e. The van der Waals surface area contributed by atoms with E-state index in [1.807, 2.05) is 67.6 Å². The third-order valence-electron chi connectivity index (χ3n) is 4.65. The summed E-state index contributed by atoms with van der Waals surface area (Å²) < 4.78 is 10.9. The van der Waals surface area contributed by atoms with Gasteiger partial charge in [0, 0.05) is 18.0 Å². The molecule has 0 bridgehead atoms. The summed E-state index contributed by atoms with van der Waals surface area (Å²) in [5, 5.41) is 0. The summed E-state index contributed by atoms with van der Waals surface area (Å²) >= 11 is 0. The summed E-state index contributed by atoms with van der Waals surface area (Å²) in [5.41, 5.74) is 5.80. The summed E-state index contributed by atoms with van der Waals surface area (Å²) in [6, 6.07) is 21.0. The number of carbonyl (C=O) groups excluding carboxylic acids is 1. The molecule has 0 aliphatic carbocycles. The van der Waals surface area contributed by atoms with Gasteiger partial charge in [-0.1, -0.05) is 42.5 Å². The quantitative estimate of drug-likeness (QED) is 0.455. The number of hydrogen-bond acceptors (Lipinski definition) is 5. The molecule has 144 valence electrons. The van der Waals surface area contributed by atoms with Gasteiger partial charge in [0.1, 0.15) is 17.9 Å². The fourth-order valence-corrected chi connectivity index (χ4v) is 3.23. The van der Waals surface area contributed by atoms with Crippen molar-refractivity contribution in [3.63, 3.8) is 0 Å². The molecule has 0 amide bonds. The zero-order valence-corrected chi connectivity index (χ0v) is 16.3. The molecule has 2 aromatic carbocycles. The molecule has 4 aromatic rings. The molecule has 29 heavy (non-hydrogen) atoms. The van der Waals surface area contributed by atoms with Crippen LogP contribution in [-0.2, 0) is 11.3 Å². The van der Waals surface area contributed by atoms with Gasteiger partial charge < -0.3 is 9.47 Å². The van der Waals surface area contributed by atoms with Crippen molar-refractivity contribution in [3.8, 4) is 16.9 Å². The number of ether oxygens (including phenoxy) is 2. The Bertz CT molecular complexity index is 1170. The number of benzene rings is 2. The average molecular weight is 384 g/mol. The van der Waals surface area contributed by atoms with E-state index in [0.717, 1.165) is 33.4 Å². The average Bonchev–Trinajstić information content (AvgIpc) is 2.77. The highest BCUT2D eigenvalue weighted by atomic mass is 16.5. The molecule has 0 aliphatic heterocycles. The molecule has 5 nitrogen and oxygen atoms in total. The van der Waals surface area contributed by atoms with Gasteiger partial charge >= 0.3 is 5.97 Å². The number of hydrogen-bond donors (Lipinski definition) is 0. The van der Waals surface area contributed by atoms with Crippen molar-refractivity contribution >= 4 is 17.0 Å². The number of methoxy groups -OCH3 is 1. The first-order valence-electron chi connectivity index (χ1n) is 9.27. The first-order chi connectivity index (χ1) is 14.2. The minimum Gasteiger partial charge on any atom is -0.486 e. The molecular weight excluding hydrogens is 364 g/mol. The van der Waals surface area contributed by atoms with E-state index in [1.165, 1.54) is 7.11 Å².